The van der Waals surface area contributed by atoms with Crippen LogP contribution < -0.4 is 4.74 Å². The Labute approximate surface area is 125 Å². The molecule has 0 atom stereocenters. The largest absolute Gasteiger partial charge is 0.491 e. The summed E-state index contributed by atoms with van der Waals surface area (Å²) in [6.45, 7) is 1.40. The van der Waals surface area contributed by atoms with Crippen LogP contribution in [0.25, 0.3) is 11.4 Å². The van der Waals surface area contributed by atoms with Gasteiger partial charge in [0.05, 0.1) is 6.61 Å². The summed E-state index contributed by atoms with van der Waals surface area (Å²) >= 11 is 0. The molecule has 1 fully saturated rings. The summed E-state index contributed by atoms with van der Waals surface area (Å²) in [4.78, 5) is 4.51. The first kappa shape index (κ1) is 14.1. The normalized spacial score (nSPS) is 15.5. The molecule has 3 rings (SSSR count). The molecule has 1 saturated carbocycles. The van der Waals surface area contributed by atoms with Gasteiger partial charge in [-0.3, -0.25) is 0 Å². The molecule has 1 aliphatic rings. The zero-order valence-corrected chi connectivity index (χ0v) is 12.2. The number of benzene rings is 1. The SMILES string of the molecule is OCCOc1cccc(-c2nccn2CC2CCCC2)c1. The van der Waals surface area contributed by atoms with E-state index in [0.29, 0.717) is 6.61 Å². The maximum absolute atomic E-state index is 8.84. The first-order chi connectivity index (χ1) is 10.4. The van der Waals surface area contributed by atoms with Gasteiger partial charge in [0.25, 0.3) is 0 Å². The molecule has 1 N–H and O–H groups in total. The number of hydrogen-bond acceptors (Lipinski definition) is 3. The minimum Gasteiger partial charge on any atom is -0.491 e. The van der Waals surface area contributed by atoms with Gasteiger partial charge in [0.15, 0.2) is 0 Å². The predicted molar refractivity (Wildman–Crippen MR) is 82.2 cm³/mol. The first-order valence-corrected chi connectivity index (χ1v) is 7.72. The second kappa shape index (κ2) is 6.76. The number of rotatable bonds is 6. The monoisotopic (exact) mass is 286 g/mol. The molecule has 1 aromatic carbocycles. The third-order valence-electron chi connectivity index (χ3n) is 4.10. The minimum absolute atomic E-state index is 0.0283. The van der Waals surface area contributed by atoms with E-state index < -0.39 is 0 Å². The molecule has 0 unspecified atom stereocenters. The zero-order chi connectivity index (χ0) is 14.5. The van der Waals surface area contributed by atoms with E-state index >= 15 is 0 Å². The summed E-state index contributed by atoms with van der Waals surface area (Å²) in [5.74, 6) is 2.56. The molecule has 112 valence electrons. The van der Waals surface area contributed by atoms with Gasteiger partial charge in [-0.05, 0) is 30.9 Å². The number of imidazole rings is 1. The quantitative estimate of drug-likeness (QED) is 0.887. The summed E-state index contributed by atoms with van der Waals surface area (Å²) in [5.41, 5.74) is 1.06. The molecular formula is C17H22N2O2. The van der Waals surface area contributed by atoms with Crippen molar-refractivity contribution >= 4 is 0 Å². The highest BCUT2D eigenvalue weighted by atomic mass is 16.5. The van der Waals surface area contributed by atoms with E-state index in [1.807, 2.05) is 24.4 Å². The fourth-order valence-electron chi connectivity index (χ4n) is 3.08. The van der Waals surface area contributed by atoms with Crippen LogP contribution in [0.4, 0.5) is 0 Å². The van der Waals surface area contributed by atoms with Crippen LogP contribution in [-0.2, 0) is 6.54 Å². The third-order valence-corrected chi connectivity index (χ3v) is 4.10. The van der Waals surface area contributed by atoms with Crippen LogP contribution in [0.1, 0.15) is 25.7 Å². The highest BCUT2D eigenvalue weighted by Crippen LogP contribution is 2.29. The van der Waals surface area contributed by atoms with E-state index in [1.165, 1.54) is 25.7 Å². The van der Waals surface area contributed by atoms with Gasteiger partial charge in [-0.2, -0.15) is 0 Å². The van der Waals surface area contributed by atoms with Crippen molar-refractivity contribution in [3.63, 3.8) is 0 Å². The number of nitrogens with zero attached hydrogens (tertiary/aromatic N) is 2. The van der Waals surface area contributed by atoms with E-state index in [9.17, 15) is 0 Å². The van der Waals surface area contributed by atoms with Gasteiger partial charge in [0.2, 0.25) is 0 Å². The fraction of sp³-hybridized carbons (Fsp3) is 0.471. The minimum atomic E-state index is 0.0283. The van der Waals surface area contributed by atoms with Crippen molar-refractivity contribution in [1.82, 2.24) is 9.55 Å². The summed E-state index contributed by atoms with van der Waals surface area (Å²) in [6, 6.07) is 7.92. The van der Waals surface area contributed by atoms with E-state index in [1.54, 1.807) is 0 Å². The van der Waals surface area contributed by atoms with Crippen molar-refractivity contribution in [2.45, 2.75) is 32.2 Å². The van der Waals surface area contributed by atoms with Crippen LogP contribution >= 0.6 is 0 Å². The Balaban J connectivity index is 1.78. The molecular weight excluding hydrogens is 264 g/mol. The Hall–Kier alpha value is -1.81. The maximum atomic E-state index is 8.84. The Bertz CT molecular complexity index is 574. The molecule has 2 aromatic rings. The van der Waals surface area contributed by atoms with Crippen molar-refractivity contribution in [3.05, 3.63) is 36.7 Å². The molecule has 1 heterocycles. The van der Waals surface area contributed by atoms with Gasteiger partial charge in [0, 0.05) is 24.5 Å². The van der Waals surface area contributed by atoms with Gasteiger partial charge in [-0.15, -0.1) is 0 Å². The average molecular weight is 286 g/mol. The van der Waals surface area contributed by atoms with Crippen molar-refractivity contribution < 1.29 is 9.84 Å². The lowest BCUT2D eigenvalue weighted by molar-refractivity contribution is 0.201. The number of hydrogen-bond donors (Lipinski definition) is 1. The number of aliphatic hydroxyl groups excluding tert-OH is 1. The Morgan fingerprint density at radius 3 is 2.95 bits per heavy atom. The summed E-state index contributed by atoms with van der Waals surface area (Å²) in [5, 5.41) is 8.84. The average Bonchev–Trinajstić information content (AvgIpc) is 3.18. The van der Waals surface area contributed by atoms with Crippen molar-refractivity contribution in [1.29, 1.82) is 0 Å². The van der Waals surface area contributed by atoms with Crippen LogP contribution in [0.3, 0.4) is 0 Å². The molecule has 1 aliphatic carbocycles. The molecule has 0 spiro atoms. The van der Waals surface area contributed by atoms with Crippen molar-refractivity contribution in [2.75, 3.05) is 13.2 Å². The molecule has 0 amide bonds. The van der Waals surface area contributed by atoms with E-state index in [-0.39, 0.29) is 6.61 Å². The van der Waals surface area contributed by atoms with E-state index in [4.69, 9.17) is 9.84 Å². The standard InChI is InChI=1S/C17H22N2O2/c20-10-11-21-16-7-3-6-15(12-16)17-18-8-9-19(17)13-14-4-1-2-5-14/h3,6-9,12,14,20H,1-2,4-5,10-11,13H2. The lowest BCUT2D eigenvalue weighted by Gasteiger charge is -2.13. The molecule has 1 aromatic heterocycles. The van der Waals surface area contributed by atoms with Crippen LogP contribution in [0.2, 0.25) is 0 Å². The molecule has 4 nitrogen and oxygen atoms in total. The van der Waals surface area contributed by atoms with Crippen LogP contribution in [0.5, 0.6) is 5.75 Å². The van der Waals surface area contributed by atoms with Gasteiger partial charge < -0.3 is 14.4 Å². The Kier molecular flexibility index (Phi) is 4.55. The molecule has 0 saturated heterocycles. The molecule has 0 aliphatic heterocycles. The van der Waals surface area contributed by atoms with Gasteiger partial charge in [-0.1, -0.05) is 25.0 Å². The Morgan fingerprint density at radius 1 is 1.29 bits per heavy atom. The van der Waals surface area contributed by atoms with E-state index in [2.05, 4.69) is 21.8 Å². The lowest BCUT2D eigenvalue weighted by Crippen LogP contribution is -2.08. The first-order valence-electron chi connectivity index (χ1n) is 7.72. The number of ether oxygens (including phenoxy) is 1. The van der Waals surface area contributed by atoms with Gasteiger partial charge in [0.1, 0.15) is 18.2 Å². The smallest absolute Gasteiger partial charge is 0.140 e. The highest BCUT2D eigenvalue weighted by molar-refractivity contribution is 5.58. The van der Waals surface area contributed by atoms with E-state index in [0.717, 1.165) is 29.6 Å². The lowest BCUT2D eigenvalue weighted by atomic mass is 10.1. The molecule has 4 heteroatoms. The predicted octanol–water partition coefficient (Wildman–Crippen LogP) is 3.11. The zero-order valence-electron chi connectivity index (χ0n) is 12.2. The van der Waals surface area contributed by atoms with Crippen LogP contribution in [0, 0.1) is 5.92 Å². The summed E-state index contributed by atoms with van der Waals surface area (Å²) < 4.78 is 7.73. The summed E-state index contributed by atoms with van der Waals surface area (Å²) in [7, 11) is 0. The van der Waals surface area contributed by atoms with Crippen LogP contribution in [0.15, 0.2) is 36.7 Å². The highest BCUT2D eigenvalue weighted by Gasteiger charge is 2.17. The third kappa shape index (κ3) is 3.45. The summed E-state index contributed by atoms with van der Waals surface area (Å²) in [6.07, 6.45) is 9.31. The maximum Gasteiger partial charge on any atom is 0.140 e. The number of aromatic nitrogens is 2. The van der Waals surface area contributed by atoms with Gasteiger partial charge in [-0.25, -0.2) is 4.98 Å². The van der Waals surface area contributed by atoms with Crippen molar-refractivity contribution in [2.24, 2.45) is 5.92 Å². The molecule has 0 bridgehead atoms. The number of aliphatic hydroxyl groups is 1. The van der Waals surface area contributed by atoms with Crippen molar-refractivity contribution in [3.8, 4) is 17.1 Å². The second-order valence-electron chi connectivity index (χ2n) is 5.65. The Morgan fingerprint density at radius 2 is 2.14 bits per heavy atom. The second-order valence-corrected chi connectivity index (χ2v) is 5.65. The topological polar surface area (TPSA) is 47.3 Å². The molecule has 0 radical (unpaired) electrons. The van der Waals surface area contributed by atoms with Gasteiger partial charge >= 0.3 is 0 Å². The fourth-order valence-corrected chi connectivity index (χ4v) is 3.08. The molecule has 21 heavy (non-hydrogen) atoms. The van der Waals surface area contributed by atoms with Crippen LogP contribution in [-0.4, -0.2) is 27.9 Å².